The van der Waals surface area contributed by atoms with Gasteiger partial charge in [-0.25, -0.2) is 0 Å². The van der Waals surface area contributed by atoms with Crippen molar-refractivity contribution < 1.29 is 5.11 Å². The lowest BCUT2D eigenvalue weighted by atomic mass is 9.89. The van der Waals surface area contributed by atoms with Crippen molar-refractivity contribution in [1.29, 1.82) is 0 Å². The zero-order chi connectivity index (χ0) is 10.6. The molecule has 0 saturated heterocycles. The first-order valence-corrected chi connectivity index (χ1v) is 5.63. The van der Waals surface area contributed by atoms with Gasteiger partial charge in [0.1, 0.15) is 5.60 Å². The summed E-state index contributed by atoms with van der Waals surface area (Å²) in [4.78, 5) is 2.16. The average Bonchev–Trinajstić information content (AvgIpc) is 2.85. The minimum atomic E-state index is -0.557. The average molecular weight is 203 g/mol. The lowest BCUT2D eigenvalue weighted by Crippen LogP contribution is -2.25. The summed E-state index contributed by atoms with van der Waals surface area (Å²) in [5, 5.41) is 10.7. The Hall–Kier alpha value is -0.860. The van der Waals surface area contributed by atoms with Crippen LogP contribution in [-0.2, 0) is 12.0 Å². The lowest BCUT2D eigenvalue weighted by molar-refractivity contribution is 0.101. The third-order valence-electron chi connectivity index (χ3n) is 4.02. The number of nitrogens with zero attached hydrogens (tertiary/aromatic N) is 1. The van der Waals surface area contributed by atoms with Gasteiger partial charge in [-0.15, -0.1) is 0 Å². The molecule has 1 N–H and O–H groups in total. The fourth-order valence-electron chi connectivity index (χ4n) is 3.36. The van der Waals surface area contributed by atoms with Gasteiger partial charge >= 0.3 is 0 Å². The molecule has 2 aliphatic rings. The highest BCUT2D eigenvalue weighted by molar-refractivity contribution is 5.44. The van der Waals surface area contributed by atoms with Crippen molar-refractivity contribution in [3.05, 3.63) is 35.4 Å². The van der Waals surface area contributed by atoms with Gasteiger partial charge < -0.3 is 10.0 Å². The van der Waals surface area contributed by atoms with Crippen LogP contribution in [0.25, 0.3) is 0 Å². The van der Waals surface area contributed by atoms with Crippen LogP contribution in [0.4, 0.5) is 0 Å². The van der Waals surface area contributed by atoms with Crippen molar-refractivity contribution in [3.8, 4) is 0 Å². The van der Waals surface area contributed by atoms with Gasteiger partial charge in [-0.2, -0.15) is 0 Å². The molecular weight excluding hydrogens is 186 g/mol. The molecular formula is C13H17NO. The van der Waals surface area contributed by atoms with E-state index >= 15 is 0 Å². The fourth-order valence-corrected chi connectivity index (χ4v) is 3.36. The standard InChI is InChI=1S/C13H17NO/c1-14(2)12-11-8-7-9-5-3-4-6-10(9)13(11,12)15/h3-6,11-12,15H,7-8H2,1-2H3/t11-,12-,13+/m0/s1. The Labute approximate surface area is 90.5 Å². The molecule has 80 valence electrons. The first-order valence-electron chi connectivity index (χ1n) is 5.63. The molecule has 3 rings (SSSR count). The second-order valence-corrected chi connectivity index (χ2v) is 5.04. The van der Waals surface area contributed by atoms with Crippen molar-refractivity contribution in [2.24, 2.45) is 5.92 Å². The van der Waals surface area contributed by atoms with Gasteiger partial charge in [-0.1, -0.05) is 24.3 Å². The van der Waals surface area contributed by atoms with E-state index in [0.29, 0.717) is 12.0 Å². The molecule has 0 heterocycles. The summed E-state index contributed by atoms with van der Waals surface area (Å²) < 4.78 is 0. The molecule has 0 aromatic heterocycles. The molecule has 2 nitrogen and oxygen atoms in total. The van der Waals surface area contributed by atoms with E-state index in [9.17, 15) is 5.11 Å². The highest BCUT2D eigenvalue weighted by Crippen LogP contribution is 2.59. The van der Waals surface area contributed by atoms with Gasteiger partial charge in [-0.3, -0.25) is 0 Å². The SMILES string of the molecule is CN(C)[C@H]1[C@@H]2CCc3ccccc3[C@]12O. The first kappa shape index (κ1) is 9.37. The largest absolute Gasteiger partial charge is 0.383 e. The molecule has 1 aromatic rings. The minimum absolute atomic E-state index is 0.321. The smallest absolute Gasteiger partial charge is 0.110 e. The second-order valence-electron chi connectivity index (χ2n) is 5.04. The molecule has 0 amide bonds. The van der Waals surface area contributed by atoms with E-state index in [4.69, 9.17) is 0 Å². The van der Waals surface area contributed by atoms with Crippen LogP contribution in [0.1, 0.15) is 17.5 Å². The molecule has 15 heavy (non-hydrogen) atoms. The van der Waals surface area contributed by atoms with Crippen LogP contribution < -0.4 is 0 Å². The van der Waals surface area contributed by atoms with Gasteiger partial charge in [0.05, 0.1) is 0 Å². The quantitative estimate of drug-likeness (QED) is 0.745. The Morgan fingerprint density at radius 1 is 1.33 bits per heavy atom. The van der Waals surface area contributed by atoms with Gasteiger partial charge in [0.2, 0.25) is 0 Å². The monoisotopic (exact) mass is 203 g/mol. The van der Waals surface area contributed by atoms with Crippen LogP contribution in [0, 0.1) is 5.92 Å². The highest BCUT2D eigenvalue weighted by Gasteiger charge is 2.67. The summed E-state index contributed by atoms with van der Waals surface area (Å²) >= 11 is 0. The van der Waals surface area contributed by atoms with E-state index in [1.165, 1.54) is 11.1 Å². The maximum Gasteiger partial charge on any atom is 0.110 e. The van der Waals surface area contributed by atoms with Crippen LogP contribution in [-0.4, -0.2) is 30.1 Å². The van der Waals surface area contributed by atoms with Crippen molar-refractivity contribution in [2.45, 2.75) is 24.5 Å². The number of benzene rings is 1. The second kappa shape index (κ2) is 2.83. The lowest BCUT2D eigenvalue weighted by Gasteiger charge is -2.21. The number of aryl methyl sites for hydroxylation is 1. The third kappa shape index (κ3) is 1.06. The first-order chi connectivity index (χ1) is 7.15. The van der Waals surface area contributed by atoms with Crippen LogP contribution in [0.15, 0.2) is 24.3 Å². The van der Waals surface area contributed by atoms with Crippen molar-refractivity contribution in [3.63, 3.8) is 0 Å². The zero-order valence-electron chi connectivity index (χ0n) is 9.27. The summed E-state index contributed by atoms with van der Waals surface area (Å²) in [5.41, 5.74) is 1.94. The molecule has 1 fully saturated rings. The highest BCUT2D eigenvalue weighted by atomic mass is 16.3. The van der Waals surface area contributed by atoms with Gasteiger partial charge in [0.15, 0.2) is 0 Å². The molecule has 0 bridgehead atoms. The van der Waals surface area contributed by atoms with E-state index in [0.717, 1.165) is 12.8 Å². The van der Waals surface area contributed by atoms with Crippen molar-refractivity contribution >= 4 is 0 Å². The normalized spacial score (nSPS) is 37.3. The third-order valence-corrected chi connectivity index (χ3v) is 4.02. The summed E-state index contributed by atoms with van der Waals surface area (Å²) in [6.45, 7) is 0. The Morgan fingerprint density at radius 3 is 2.80 bits per heavy atom. The van der Waals surface area contributed by atoms with Gasteiger partial charge in [0, 0.05) is 12.0 Å². The van der Waals surface area contributed by atoms with Crippen LogP contribution >= 0.6 is 0 Å². The van der Waals surface area contributed by atoms with E-state index < -0.39 is 5.60 Å². The molecule has 0 radical (unpaired) electrons. The van der Waals surface area contributed by atoms with Crippen molar-refractivity contribution in [2.75, 3.05) is 14.1 Å². The van der Waals surface area contributed by atoms with E-state index in [-0.39, 0.29) is 0 Å². The van der Waals surface area contributed by atoms with Crippen LogP contribution in [0.5, 0.6) is 0 Å². The number of fused-ring (bicyclic) bond motifs is 3. The molecule has 0 spiro atoms. The van der Waals surface area contributed by atoms with Crippen LogP contribution in [0.3, 0.4) is 0 Å². The van der Waals surface area contributed by atoms with Gasteiger partial charge in [0.25, 0.3) is 0 Å². The molecule has 1 saturated carbocycles. The number of aliphatic hydroxyl groups is 1. The Kier molecular flexibility index (Phi) is 1.77. The van der Waals surface area contributed by atoms with E-state index in [2.05, 4.69) is 37.2 Å². The number of likely N-dealkylation sites (N-methyl/N-ethyl adjacent to an activating group) is 1. The number of rotatable bonds is 1. The molecule has 0 unspecified atom stereocenters. The van der Waals surface area contributed by atoms with E-state index in [1.54, 1.807) is 0 Å². The number of hydrogen-bond acceptors (Lipinski definition) is 2. The summed E-state index contributed by atoms with van der Waals surface area (Å²) in [5.74, 6) is 0.447. The Balaban J connectivity index is 2.07. The summed E-state index contributed by atoms with van der Waals surface area (Å²) in [6.07, 6.45) is 2.24. The molecule has 3 atom stereocenters. The van der Waals surface area contributed by atoms with Crippen LogP contribution in [0.2, 0.25) is 0 Å². The Bertz CT molecular complexity index is 401. The predicted octanol–water partition coefficient (Wildman–Crippen LogP) is 1.38. The van der Waals surface area contributed by atoms with Gasteiger partial charge in [-0.05, 0) is 38.1 Å². The van der Waals surface area contributed by atoms with Crippen molar-refractivity contribution in [1.82, 2.24) is 4.90 Å². The Morgan fingerprint density at radius 2 is 2.07 bits per heavy atom. The topological polar surface area (TPSA) is 23.5 Å². The molecule has 1 aromatic carbocycles. The maximum atomic E-state index is 10.7. The molecule has 2 heteroatoms. The molecule has 2 aliphatic carbocycles. The summed E-state index contributed by atoms with van der Waals surface area (Å²) in [6, 6.07) is 8.65. The maximum absolute atomic E-state index is 10.7. The predicted molar refractivity (Wildman–Crippen MR) is 59.6 cm³/mol. The molecule has 0 aliphatic heterocycles. The minimum Gasteiger partial charge on any atom is -0.383 e. The summed E-state index contributed by atoms with van der Waals surface area (Å²) in [7, 11) is 4.12. The number of hydrogen-bond donors (Lipinski definition) is 1. The van der Waals surface area contributed by atoms with E-state index in [1.807, 2.05) is 6.07 Å². The zero-order valence-corrected chi connectivity index (χ0v) is 9.27. The fraction of sp³-hybridized carbons (Fsp3) is 0.538.